The van der Waals surface area contributed by atoms with Crippen LogP contribution in [0.25, 0.3) is 0 Å². The summed E-state index contributed by atoms with van der Waals surface area (Å²) in [5, 5.41) is 3.73. The van der Waals surface area contributed by atoms with Crippen molar-refractivity contribution in [2.24, 2.45) is 5.92 Å². The number of carbonyl (C=O) groups excluding carboxylic acids is 1. The molecule has 2 aliphatic rings. The molecule has 2 saturated heterocycles. The van der Waals surface area contributed by atoms with Gasteiger partial charge in [0.1, 0.15) is 0 Å². The monoisotopic (exact) mass is 475 g/mol. The van der Waals surface area contributed by atoms with Crippen molar-refractivity contribution < 1.29 is 13.2 Å². The van der Waals surface area contributed by atoms with E-state index in [4.69, 9.17) is 11.6 Å². The maximum Gasteiger partial charge on any atom is 0.243 e. The van der Waals surface area contributed by atoms with Crippen LogP contribution in [0.5, 0.6) is 0 Å². The zero-order valence-corrected chi connectivity index (χ0v) is 19.7. The molecule has 0 spiro atoms. The van der Waals surface area contributed by atoms with Gasteiger partial charge in [-0.1, -0.05) is 36.2 Å². The normalized spacial score (nSPS) is 19.0. The van der Waals surface area contributed by atoms with Crippen LogP contribution in [0.3, 0.4) is 0 Å². The van der Waals surface area contributed by atoms with Crippen LogP contribution in [0.4, 0.5) is 5.69 Å². The summed E-state index contributed by atoms with van der Waals surface area (Å²) in [6, 6.07) is 14.4. The summed E-state index contributed by atoms with van der Waals surface area (Å²) in [7, 11) is -3.46. The van der Waals surface area contributed by atoms with Gasteiger partial charge in [-0.2, -0.15) is 4.31 Å². The first-order valence-corrected chi connectivity index (χ1v) is 13.1. The average molecular weight is 476 g/mol. The Hall–Kier alpha value is -1.93. The predicted octanol–water partition coefficient (Wildman–Crippen LogP) is 4.37. The first-order valence-electron chi connectivity index (χ1n) is 11.3. The fourth-order valence-electron chi connectivity index (χ4n) is 4.43. The number of nitrogens with zero attached hydrogens (tertiary/aromatic N) is 2. The van der Waals surface area contributed by atoms with Gasteiger partial charge in [0, 0.05) is 36.3 Å². The fourth-order valence-corrected chi connectivity index (χ4v) is 6.14. The number of likely N-dealkylation sites (tertiary alicyclic amines) is 1. The van der Waals surface area contributed by atoms with Gasteiger partial charge in [-0.25, -0.2) is 8.42 Å². The molecule has 2 aromatic carbocycles. The molecule has 2 fully saturated rings. The van der Waals surface area contributed by atoms with Crippen LogP contribution in [-0.4, -0.2) is 49.7 Å². The molecule has 0 aliphatic carbocycles. The van der Waals surface area contributed by atoms with Gasteiger partial charge in [-0.05, 0) is 74.7 Å². The van der Waals surface area contributed by atoms with E-state index in [0.717, 1.165) is 62.3 Å². The molecule has 172 valence electrons. The lowest BCUT2D eigenvalue weighted by Gasteiger charge is -2.31. The first-order chi connectivity index (χ1) is 15.4. The van der Waals surface area contributed by atoms with Crippen molar-refractivity contribution in [2.75, 3.05) is 31.5 Å². The van der Waals surface area contributed by atoms with Gasteiger partial charge >= 0.3 is 0 Å². The third-order valence-corrected chi connectivity index (χ3v) is 8.67. The van der Waals surface area contributed by atoms with Crippen LogP contribution in [0.15, 0.2) is 53.4 Å². The SMILES string of the molecule is O=C(Nc1ccc(S(=O)(=O)N2CCCCC2)cc1)C1CCN(Cc2ccccc2Cl)CC1. The quantitative estimate of drug-likeness (QED) is 0.673. The summed E-state index contributed by atoms with van der Waals surface area (Å²) in [5.74, 6) is -0.0525. The van der Waals surface area contributed by atoms with E-state index in [1.807, 2.05) is 24.3 Å². The number of hydrogen-bond acceptors (Lipinski definition) is 4. The Labute approximate surface area is 195 Å². The highest BCUT2D eigenvalue weighted by atomic mass is 35.5. The molecular formula is C24H30ClN3O3S. The molecule has 32 heavy (non-hydrogen) atoms. The number of anilines is 1. The molecule has 2 aromatic rings. The van der Waals surface area contributed by atoms with Gasteiger partial charge in [0.2, 0.25) is 15.9 Å². The average Bonchev–Trinajstić information content (AvgIpc) is 2.82. The summed E-state index contributed by atoms with van der Waals surface area (Å²) in [4.78, 5) is 15.3. The van der Waals surface area contributed by atoms with Crippen molar-refractivity contribution in [1.82, 2.24) is 9.21 Å². The maximum atomic E-state index is 12.8. The van der Waals surface area contributed by atoms with Crippen molar-refractivity contribution in [3.05, 3.63) is 59.1 Å². The zero-order chi connectivity index (χ0) is 22.6. The number of rotatable bonds is 6. The highest BCUT2D eigenvalue weighted by Gasteiger charge is 2.27. The summed E-state index contributed by atoms with van der Waals surface area (Å²) in [6.45, 7) is 3.64. The minimum Gasteiger partial charge on any atom is -0.326 e. The van der Waals surface area contributed by atoms with E-state index in [0.29, 0.717) is 18.8 Å². The number of benzene rings is 2. The molecule has 0 radical (unpaired) electrons. The second kappa shape index (κ2) is 10.3. The van der Waals surface area contributed by atoms with Crippen LogP contribution in [0.1, 0.15) is 37.7 Å². The molecule has 0 atom stereocenters. The molecular weight excluding hydrogens is 446 g/mol. The van der Waals surface area contributed by atoms with E-state index >= 15 is 0 Å². The lowest BCUT2D eigenvalue weighted by Crippen LogP contribution is -2.37. The van der Waals surface area contributed by atoms with Crippen LogP contribution < -0.4 is 5.32 Å². The Kier molecular flexibility index (Phi) is 7.51. The second-order valence-corrected chi connectivity index (χ2v) is 11.0. The lowest BCUT2D eigenvalue weighted by molar-refractivity contribution is -0.121. The Balaban J connectivity index is 1.29. The summed E-state index contributed by atoms with van der Waals surface area (Å²) in [6.07, 6.45) is 4.47. The summed E-state index contributed by atoms with van der Waals surface area (Å²) < 4.78 is 27.1. The third kappa shape index (κ3) is 5.52. The Morgan fingerprint density at radius 3 is 2.25 bits per heavy atom. The smallest absolute Gasteiger partial charge is 0.243 e. The van der Waals surface area contributed by atoms with Gasteiger partial charge < -0.3 is 5.32 Å². The Morgan fingerprint density at radius 1 is 0.938 bits per heavy atom. The molecule has 1 N–H and O–H groups in total. The summed E-state index contributed by atoms with van der Waals surface area (Å²) in [5.41, 5.74) is 1.74. The van der Waals surface area contributed by atoms with Crippen molar-refractivity contribution in [2.45, 2.75) is 43.5 Å². The molecule has 0 unspecified atom stereocenters. The number of carbonyl (C=O) groups is 1. The number of piperidine rings is 2. The zero-order valence-electron chi connectivity index (χ0n) is 18.2. The maximum absolute atomic E-state index is 12.8. The highest BCUT2D eigenvalue weighted by Crippen LogP contribution is 2.25. The first kappa shape index (κ1) is 23.2. The Morgan fingerprint density at radius 2 is 1.59 bits per heavy atom. The van der Waals surface area contributed by atoms with E-state index in [2.05, 4.69) is 10.2 Å². The largest absolute Gasteiger partial charge is 0.326 e. The van der Waals surface area contributed by atoms with Crippen molar-refractivity contribution in [3.63, 3.8) is 0 Å². The van der Waals surface area contributed by atoms with Gasteiger partial charge in [0.05, 0.1) is 4.90 Å². The van der Waals surface area contributed by atoms with E-state index in [1.165, 1.54) is 0 Å². The predicted molar refractivity (Wildman–Crippen MR) is 127 cm³/mol. The Bertz CT molecular complexity index is 1030. The number of hydrogen-bond donors (Lipinski definition) is 1. The molecule has 0 saturated carbocycles. The van der Waals surface area contributed by atoms with Crippen LogP contribution >= 0.6 is 11.6 Å². The van der Waals surface area contributed by atoms with Crippen LogP contribution in [0, 0.1) is 5.92 Å². The van der Waals surface area contributed by atoms with E-state index in [-0.39, 0.29) is 16.7 Å². The number of nitrogens with one attached hydrogen (secondary N) is 1. The van der Waals surface area contributed by atoms with Gasteiger partial charge in [0.25, 0.3) is 0 Å². The van der Waals surface area contributed by atoms with E-state index < -0.39 is 10.0 Å². The summed E-state index contributed by atoms with van der Waals surface area (Å²) >= 11 is 6.27. The number of halogens is 1. The molecule has 2 heterocycles. The minimum absolute atomic E-state index is 0.00553. The third-order valence-electron chi connectivity index (χ3n) is 6.38. The molecule has 0 bridgehead atoms. The highest BCUT2D eigenvalue weighted by molar-refractivity contribution is 7.89. The number of sulfonamides is 1. The van der Waals surface area contributed by atoms with Crippen molar-refractivity contribution in [3.8, 4) is 0 Å². The van der Waals surface area contributed by atoms with Crippen molar-refractivity contribution >= 4 is 33.2 Å². The molecule has 8 heteroatoms. The van der Waals surface area contributed by atoms with E-state index in [9.17, 15) is 13.2 Å². The van der Waals surface area contributed by atoms with E-state index in [1.54, 1.807) is 28.6 Å². The minimum atomic E-state index is -3.46. The number of amides is 1. The van der Waals surface area contributed by atoms with Crippen LogP contribution in [-0.2, 0) is 21.4 Å². The standard InChI is InChI=1S/C24H30ClN3O3S/c25-23-7-3-2-6-20(23)18-27-16-12-19(13-17-27)24(29)26-21-8-10-22(11-9-21)32(30,31)28-14-4-1-5-15-28/h2-3,6-11,19H,1,4-5,12-18H2,(H,26,29). The van der Waals surface area contributed by atoms with Gasteiger partial charge in [-0.3, -0.25) is 9.69 Å². The van der Waals surface area contributed by atoms with Crippen LogP contribution in [0.2, 0.25) is 5.02 Å². The molecule has 0 aromatic heterocycles. The lowest BCUT2D eigenvalue weighted by atomic mass is 9.95. The molecule has 6 nitrogen and oxygen atoms in total. The second-order valence-electron chi connectivity index (χ2n) is 8.62. The van der Waals surface area contributed by atoms with Gasteiger partial charge in [-0.15, -0.1) is 0 Å². The molecule has 1 amide bonds. The van der Waals surface area contributed by atoms with Crippen molar-refractivity contribution in [1.29, 1.82) is 0 Å². The topological polar surface area (TPSA) is 69.7 Å². The molecule has 4 rings (SSSR count). The fraction of sp³-hybridized carbons (Fsp3) is 0.458. The van der Waals surface area contributed by atoms with Gasteiger partial charge in [0.15, 0.2) is 0 Å². The molecule has 2 aliphatic heterocycles.